The summed E-state index contributed by atoms with van der Waals surface area (Å²) in [5.41, 5.74) is 0.0560. The topological polar surface area (TPSA) is 42.0 Å². The molecule has 2 rings (SSSR count). The highest BCUT2D eigenvalue weighted by Crippen LogP contribution is 2.45. The first-order chi connectivity index (χ1) is 11.6. The number of likely N-dealkylation sites (tertiary alicyclic amines) is 2. The fourth-order valence-electron chi connectivity index (χ4n) is 4.98. The normalized spacial score (nSPS) is 29.6. The summed E-state index contributed by atoms with van der Waals surface area (Å²) in [6, 6.07) is 0. The van der Waals surface area contributed by atoms with Crippen LogP contribution in [0.15, 0.2) is 0 Å². The zero-order valence-corrected chi connectivity index (χ0v) is 19.4. The van der Waals surface area contributed by atoms with Gasteiger partial charge in [0, 0.05) is 26.7 Å². The van der Waals surface area contributed by atoms with Crippen molar-refractivity contribution < 1.29 is 13.6 Å². The molecule has 0 saturated carbocycles. The molecule has 152 valence electrons. The molecule has 0 aromatic carbocycles. The fraction of sp³-hybridized carbons (Fsp3) is 1.00. The van der Waals surface area contributed by atoms with Crippen molar-refractivity contribution in [3.63, 3.8) is 0 Å². The van der Waals surface area contributed by atoms with Crippen LogP contribution in [0.2, 0.25) is 0 Å². The van der Waals surface area contributed by atoms with E-state index in [0.29, 0.717) is 0 Å². The van der Waals surface area contributed by atoms with Crippen LogP contribution in [0.1, 0.15) is 81.1 Å². The smallest absolute Gasteiger partial charge is 0.296 e. The van der Waals surface area contributed by atoms with Crippen LogP contribution in [0.5, 0.6) is 0 Å². The third-order valence-electron chi connectivity index (χ3n) is 7.01. The van der Waals surface area contributed by atoms with Crippen molar-refractivity contribution in [3.05, 3.63) is 0 Å². The molecule has 2 heterocycles. The summed E-state index contributed by atoms with van der Waals surface area (Å²) in [6.07, 6.45) is 3.38. The second kappa shape index (κ2) is 7.08. The minimum atomic E-state index is -2.11. The van der Waals surface area contributed by atoms with Gasteiger partial charge in [0.1, 0.15) is 12.2 Å². The van der Waals surface area contributed by atoms with Gasteiger partial charge in [0.2, 0.25) is 0 Å². The van der Waals surface area contributed by atoms with Gasteiger partial charge in [-0.05, 0) is 95.2 Å². The molecule has 0 bridgehead atoms. The Kier molecular flexibility index (Phi) is 6.05. The zero-order valence-electron chi connectivity index (χ0n) is 18.5. The van der Waals surface area contributed by atoms with Gasteiger partial charge in [0.15, 0.2) is 0 Å². The minimum absolute atomic E-state index is 0.0140. The molecule has 26 heavy (non-hydrogen) atoms. The maximum atomic E-state index is 12.7. The summed E-state index contributed by atoms with van der Waals surface area (Å²) in [4.78, 5) is 4.80. The Hall–Kier alpha value is -0.0600. The lowest BCUT2D eigenvalue weighted by atomic mass is 9.79. The van der Waals surface area contributed by atoms with Gasteiger partial charge in [0.05, 0.1) is 0 Å². The Morgan fingerprint density at radius 3 is 1.12 bits per heavy atom. The third-order valence-corrected chi connectivity index (χ3v) is 7.95. The monoisotopic (exact) mass is 387 g/mol. The molecule has 0 atom stereocenters. The van der Waals surface area contributed by atoms with E-state index in [1.807, 2.05) is 0 Å². The summed E-state index contributed by atoms with van der Waals surface area (Å²) < 4.78 is 24.5. The Morgan fingerprint density at radius 2 is 0.885 bits per heavy atom. The molecule has 0 spiro atoms. The van der Waals surface area contributed by atoms with Gasteiger partial charge in [-0.15, -0.1) is 9.05 Å². The second-order valence-electron chi connectivity index (χ2n) is 10.9. The fourth-order valence-corrected chi connectivity index (χ4v) is 5.81. The molecule has 0 radical (unpaired) electrons. The first-order valence-corrected chi connectivity index (χ1v) is 11.0. The quantitative estimate of drug-likeness (QED) is 0.637. The van der Waals surface area contributed by atoms with E-state index in [1.54, 1.807) is 0 Å². The average Bonchev–Trinajstić information content (AvgIpc) is 2.40. The Balaban J connectivity index is 1.99. The average molecular weight is 388 g/mol. The standard InChI is InChI=1S/C20H40N2O3P/c1-17(2)11-15(12-18(3,4)21(17)9)24-26(23)25-16-13-19(5,6)22(10)20(7,8)14-16/h15-16H,11-14H2,1-10H3/q+1. The molecular weight excluding hydrogens is 347 g/mol. The number of piperidine rings is 2. The van der Waals surface area contributed by atoms with Gasteiger partial charge in [-0.1, -0.05) is 0 Å². The molecule has 0 N–H and O–H groups in total. The van der Waals surface area contributed by atoms with Crippen molar-refractivity contribution in [2.75, 3.05) is 14.1 Å². The lowest BCUT2D eigenvalue weighted by molar-refractivity contribution is -0.0713. The van der Waals surface area contributed by atoms with E-state index in [9.17, 15) is 4.57 Å². The SMILES string of the molecule is CN1C(C)(C)CC(O[P+](=O)OC2CC(C)(C)N(C)C(C)(C)C2)CC1(C)C. The van der Waals surface area contributed by atoms with E-state index in [2.05, 4.69) is 79.3 Å². The van der Waals surface area contributed by atoms with Crippen molar-refractivity contribution in [2.24, 2.45) is 0 Å². The van der Waals surface area contributed by atoms with E-state index in [0.717, 1.165) is 25.7 Å². The molecule has 0 amide bonds. The highest BCUT2D eigenvalue weighted by Gasteiger charge is 2.49. The van der Waals surface area contributed by atoms with Gasteiger partial charge in [-0.25, -0.2) is 0 Å². The van der Waals surface area contributed by atoms with E-state index in [1.165, 1.54) is 0 Å². The highest BCUT2D eigenvalue weighted by atomic mass is 31.1. The largest absolute Gasteiger partial charge is 0.697 e. The highest BCUT2D eigenvalue weighted by molar-refractivity contribution is 7.33. The van der Waals surface area contributed by atoms with Crippen LogP contribution in [-0.4, -0.2) is 58.3 Å². The van der Waals surface area contributed by atoms with E-state index >= 15 is 0 Å². The lowest BCUT2D eigenvalue weighted by Crippen LogP contribution is -2.60. The molecule has 2 aliphatic rings. The van der Waals surface area contributed by atoms with Crippen LogP contribution in [0.25, 0.3) is 0 Å². The predicted octanol–water partition coefficient (Wildman–Crippen LogP) is 4.98. The number of rotatable bonds is 4. The summed E-state index contributed by atoms with van der Waals surface area (Å²) in [5.74, 6) is 0. The number of hydrogen-bond donors (Lipinski definition) is 0. The van der Waals surface area contributed by atoms with Crippen molar-refractivity contribution in [1.29, 1.82) is 0 Å². The maximum absolute atomic E-state index is 12.7. The Bertz CT molecular complexity index is 463. The molecule has 0 aromatic rings. The molecule has 0 aromatic heterocycles. The van der Waals surface area contributed by atoms with E-state index < -0.39 is 8.25 Å². The van der Waals surface area contributed by atoms with Gasteiger partial charge in [-0.3, -0.25) is 9.80 Å². The summed E-state index contributed by atoms with van der Waals surface area (Å²) >= 11 is 0. The van der Waals surface area contributed by atoms with Gasteiger partial charge in [0.25, 0.3) is 0 Å². The molecular formula is C20H40N2O3P+. The van der Waals surface area contributed by atoms with Gasteiger partial charge >= 0.3 is 8.25 Å². The van der Waals surface area contributed by atoms with Crippen molar-refractivity contribution >= 4 is 8.25 Å². The van der Waals surface area contributed by atoms with Crippen LogP contribution in [0, 0.1) is 0 Å². The number of hydrogen-bond acceptors (Lipinski definition) is 5. The van der Waals surface area contributed by atoms with Crippen molar-refractivity contribution in [3.8, 4) is 0 Å². The molecule has 0 unspecified atom stereocenters. The number of nitrogens with zero attached hydrogens (tertiary/aromatic N) is 2. The summed E-state index contributed by atoms with van der Waals surface area (Å²) in [5, 5.41) is 0. The van der Waals surface area contributed by atoms with Crippen LogP contribution in [0.3, 0.4) is 0 Å². The van der Waals surface area contributed by atoms with E-state index in [4.69, 9.17) is 9.05 Å². The van der Waals surface area contributed by atoms with Crippen LogP contribution >= 0.6 is 8.25 Å². The Morgan fingerprint density at radius 1 is 0.654 bits per heavy atom. The predicted molar refractivity (Wildman–Crippen MR) is 108 cm³/mol. The Labute approximate surface area is 161 Å². The van der Waals surface area contributed by atoms with E-state index in [-0.39, 0.29) is 34.4 Å². The molecule has 2 saturated heterocycles. The van der Waals surface area contributed by atoms with Gasteiger partial charge < -0.3 is 0 Å². The lowest BCUT2D eigenvalue weighted by Gasteiger charge is -2.52. The van der Waals surface area contributed by atoms with Crippen molar-refractivity contribution in [1.82, 2.24) is 9.80 Å². The second-order valence-corrected chi connectivity index (χ2v) is 11.7. The molecule has 5 nitrogen and oxygen atoms in total. The van der Waals surface area contributed by atoms with Crippen LogP contribution in [0.4, 0.5) is 0 Å². The first kappa shape index (κ1) is 22.2. The molecule has 6 heteroatoms. The minimum Gasteiger partial charge on any atom is -0.296 e. The third kappa shape index (κ3) is 4.67. The zero-order chi connectivity index (χ0) is 20.1. The van der Waals surface area contributed by atoms with Crippen LogP contribution in [-0.2, 0) is 13.6 Å². The van der Waals surface area contributed by atoms with Gasteiger partial charge in [-0.2, -0.15) is 0 Å². The summed E-state index contributed by atoms with van der Waals surface area (Å²) in [6.45, 7) is 17.8. The molecule has 2 fully saturated rings. The summed E-state index contributed by atoms with van der Waals surface area (Å²) in [7, 11) is 2.22. The maximum Gasteiger partial charge on any atom is 0.697 e. The molecule has 0 aliphatic carbocycles. The first-order valence-electron chi connectivity index (χ1n) is 9.86. The molecule has 2 aliphatic heterocycles. The van der Waals surface area contributed by atoms with Crippen LogP contribution < -0.4 is 0 Å². The van der Waals surface area contributed by atoms with Crippen molar-refractivity contribution in [2.45, 2.75) is 115 Å².